The first-order valence-corrected chi connectivity index (χ1v) is 7.27. The molecule has 0 aliphatic carbocycles. The van der Waals surface area contributed by atoms with Crippen molar-refractivity contribution in [3.05, 3.63) is 22.3 Å². The smallest absolute Gasteiger partial charge is 0.128 e. The lowest BCUT2D eigenvalue weighted by molar-refractivity contribution is 0.838. The minimum atomic E-state index is 1.00. The minimum Gasteiger partial charge on any atom is -0.370 e. The highest BCUT2D eigenvalue weighted by Crippen LogP contribution is 2.16. The van der Waals surface area contributed by atoms with Gasteiger partial charge in [-0.3, -0.25) is 0 Å². The molecule has 0 unspecified atom stereocenters. The van der Waals surface area contributed by atoms with E-state index in [0.29, 0.717) is 0 Å². The number of thioether (sulfide) groups is 1. The predicted molar refractivity (Wildman–Crippen MR) is 72.8 cm³/mol. The summed E-state index contributed by atoms with van der Waals surface area (Å²) in [5.74, 6) is 2.25. The molecule has 84 valence electrons. The maximum absolute atomic E-state index is 4.33. The molecule has 0 bridgehead atoms. The van der Waals surface area contributed by atoms with E-state index >= 15 is 0 Å². The minimum absolute atomic E-state index is 1.00. The number of hydrogen-bond donors (Lipinski definition) is 1. The number of rotatable bonds is 6. The van der Waals surface area contributed by atoms with Crippen LogP contribution in [0.1, 0.15) is 18.4 Å². The van der Waals surface area contributed by atoms with Crippen LogP contribution in [0.2, 0.25) is 0 Å². The monoisotopic (exact) mass is 288 g/mol. The van der Waals surface area contributed by atoms with Crippen LogP contribution in [0.3, 0.4) is 0 Å². The zero-order valence-corrected chi connectivity index (χ0v) is 11.6. The van der Waals surface area contributed by atoms with Gasteiger partial charge in [0.1, 0.15) is 5.82 Å². The maximum atomic E-state index is 4.33. The van der Waals surface area contributed by atoms with Crippen molar-refractivity contribution in [1.29, 1.82) is 0 Å². The average molecular weight is 289 g/mol. The molecule has 15 heavy (non-hydrogen) atoms. The lowest BCUT2D eigenvalue weighted by Crippen LogP contribution is -2.05. The molecule has 0 saturated heterocycles. The van der Waals surface area contributed by atoms with E-state index in [4.69, 9.17) is 0 Å². The Morgan fingerprint density at radius 3 is 2.93 bits per heavy atom. The molecule has 0 spiro atoms. The number of unbranched alkanes of at least 4 members (excludes halogenated alkanes) is 1. The van der Waals surface area contributed by atoms with E-state index in [1.807, 2.05) is 18.0 Å². The van der Waals surface area contributed by atoms with Crippen LogP contribution in [-0.4, -0.2) is 23.5 Å². The molecule has 1 heterocycles. The highest BCUT2D eigenvalue weighted by molar-refractivity contribution is 9.10. The van der Waals surface area contributed by atoms with Gasteiger partial charge in [0, 0.05) is 17.2 Å². The Balaban J connectivity index is 2.31. The van der Waals surface area contributed by atoms with Crippen LogP contribution in [-0.2, 0) is 0 Å². The first-order valence-electron chi connectivity index (χ1n) is 5.09. The molecule has 4 heteroatoms. The third kappa shape index (κ3) is 4.89. The van der Waals surface area contributed by atoms with Crippen molar-refractivity contribution in [1.82, 2.24) is 4.98 Å². The van der Waals surface area contributed by atoms with Crippen LogP contribution in [0.5, 0.6) is 0 Å². The number of hydrogen-bond acceptors (Lipinski definition) is 3. The second kappa shape index (κ2) is 7.12. The summed E-state index contributed by atoms with van der Waals surface area (Å²) in [7, 11) is 0. The van der Waals surface area contributed by atoms with Crippen molar-refractivity contribution in [2.75, 3.05) is 23.9 Å². The largest absolute Gasteiger partial charge is 0.370 e. The Kier molecular flexibility index (Phi) is 6.10. The fourth-order valence-electron chi connectivity index (χ4n) is 1.30. The Morgan fingerprint density at radius 1 is 1.47 bits per heavy atom. The van der Waals surface area contributed by atoms with Crippen LogP contribution >= 0.6 is 27.7 Å². The molecule has 0 fully saturated rings. The normalized spacial score (nSPS) is 10.3. The van der Waals surface area contributed by atoms with Crippen molar-refractivity contribution in [2.24, 2.45) is 0 Å². The zero-order chi connectivity index (χ0) is 11.1. The van der Waals surface area contributed by atoms with E-state index in [1.165, 1.54) is 24.2 Å². The van der Waals surface area contributed by atoms with Gasteiger partial charge in [-0.25, -0.2) is 4.98 Å². The maximum Gasteiger partial charge on any atom is 0.128 e. The van der Waals surface area contributed by atoms with E-state index in [1.54, 1.807) is 0 Å². The van der Waals surface area contributed by atoms with Gasteiger partial charge < -0.3 is 5.32 Å². The van der Waals surface area contributed by atoms with Gasteiger partial charge in [0.05, 0.1) is 0 Å². The summed E-state index contributed by atoms with van der Waals surface area (Å²) < 4.78 is 1.04. The molecule has 1 rings (SSSR count). The highest BCUT2D eigenvalue weighted by Gasteiger charge is 1.99. The van der Waals surface area contributed by atoms with Gasteiger partial charge in [-0.05, 0) is 59.3 Å². The number of nitrogens with one attached hydrogen (secondary N) is 1. The number of aryl methyl sites for hydroxylation is 1. The molecule has 1 aromatic rings. The van der Waals surface area contributed by atoms with Crippen LogP contribution in [0.15, 0.2) is 16.7 Å². The number of halogens is 1. The first kappa shape index (κ1) is 12.8. The molecule has 0 radical (unpaired) electrons. The highest BCUT2D eigenvalue weighted by atomic mass is 79.9. The number of anilines is 1. The van der Waals surface area contributed by atoms with Gasteiger partial charge in [0.25, 0.3) is 0 Å². The van der Waals surface area contributed by atoms with Crippen LogP contribution in [0.25, 0.3) is 0 Å². The van der Waals surface area contributed by atoms with Gasteiger partial charge in [-0.15, -0.1) is 0 Å². The average Bonchev–Trinajstić information content (AvgIpc) is 2.20. The Labute approximate surface area is 104 Å². The van der Waals surface area contributed by atoms with Crippen molar-refractivity contribution in [2.45, 2.75) is 19.8 Å². The second-order valence-electron chi connectivity index (χ2n) is 3.45. The summed E-state index contributed by atoms with van der Waals surface area (Å²) in [6, 6.07) is 2.08. The molecular formula is C11H17BrN2S. The van der Waals surface area contributed by atoms with Crippen molar-refractivity contribution < 1.29 is 0 Å². The van der Waals surface area contributed by atoms with Crippen molar-refractivity contribution in [3.63, 3.8) is 0 Å². The molecule has 0 aromatic carbocycles. The molecule has 0 atom stereocenters. The van der Waals surface area contributed by atoms with Crippen LogP contribution < -0.4 is 5.32 Å². The van der Waals surface area contributed by atoms with E-state index in [2.05, 4.69) is 45.5 Å². The summed E-state index contributed by atoms with van der Waals surface area (Å²) in [6.45, 7) is 3.08. The van der Waals surface area contributed by atoms with Gasteiger partial charge in [0.2, 0.25) is 0 Å². The zero-order valence-electron chi connectivity index (χ0n) is 9.22. The predicted octanol–water partition coefficient (Wildman–Crippen LogP) is 3.71. The van der Waals surface area contributed by atoms with Crippen LogP contribution in [0, 0.1) is 6.92 Å². The lowest BCUT2D eigenvalue weighted by Gasteiger charge is -2.08. The summed E-state index contributed by atoms with van der Waals surface area (Å²) in [5.41, 5.74) is 1.19. The van der Waals surface area contributed by atoms with Crippen LogP contribution in [0.4, 0.5) is 5.82 Å². The molecule has 2 nitrogen and oxygen atoms in total. The Bertz CT molecular complexity index is 305. The van der Waals surface area contributed by atoms with E-state index in [0.717, 1.165) is 16.8 Å². The standard InChI is InChI=1S/C11H17BrN2S/c1-9-7-10(12)8-14-11(9)13-5-3-4-6-15-2/h7-8H,3-6H2,1-2H3,(H,13,14). The summed E-state index contributed by atoms with van der Waals surface area (Å²) in [5, 5.41) is 3.36. The van der Waals surface area contributed by atoms with Gasteiger partial charge in [0.15, 0.2) is 0 Å². The third-order valence-corrected chi connectivity index (χ3v) is 3.24. The van der Waals surface area contributed by atoms with E-state index < -0.39 is 0 Å². The fraction of sp³-hybridized carbons (Fsp3) is 0.545. The molecular weight excluding hydrogens is 272 g/mol. The summed E-state index contributed by atoms with van der Waals surface area (Å²) >= 11 is 5.31. The lowest BCUT2D eigenvalue weighted by atomic mass is 10.3. The van der Waals surface area contributed by atoms with Gasteiger partial charge in [-0.2, -0.15) is 11.8 Å². The van der Waals surface area contributed by atoms with Crippen molar-refractivity contribution >= 4 is 33.5 Å². The number of aromatic nitrogens is 1. The molecule has 0 saturated carbocycles. The first-order chi connectivity index (χ1) is 7.24. The third-order valence-electron chi connectivity index (χ3n) is 2.11. The SMILES string of the molecule is CSCCCCNc1ncc(Br)cc1C. The molecule has 0 aliphatic rings. The van der Waals surface area contributed by atoms with Gasteiger partial charge in [-0.1, -0.05) is 0 Å². The Hall–Kier alpha value is -0.220. The Morgan fingerprint density at radius 2 is 2.27 bits per heavy atom. The van der Waals surface area contributed by atoms with Crippen molar-refractivity contribution in [3.8, 4) is 0 Å². The fourth-order valence-corrected chi connectivity index (χ4v) is 2.24. The van der Waals surface area contributed by atoms with E-state index in [-0.39, 0.29) is 0 Å². The van der Waals surface area contributed by atoms with E-state index in [9.17, 15) is 0 Å². The number of pyridine rings is 1. The summed E-state index contributed by atoms with van der Waals surface area (Å²) in [4.78, 5) is 4.33. The molecule has 0 amide bonds. The van der Waals surface area contributed by atoms with Gasteiger partial charge >= 0.3 is 0 Å². The second-order valence-corrected chi connectivity index (χ2v) is 5.35. The quantitative estimate of drug-likeness (QED) is 0.808. The molecule has 0 aliphatic heterocycles. The molecule has 1 aromatic heterocycles. The number of nitrogens with zero attached hydrogens (tertiary/aromatic N) is 1. The topological polar surface area (TPSA) is 24.9 Å². The molecule has 1 N–H and O–H groups in total. The summed E-state index contributed by atoms with van der Waals surface area (Å²) in [6.07, 6.45) is 6.45.